The molecule has 0 saturated heterocycles. The summed E-state index contributed by atoms with van der Waals surface area (Å²) in [6.45, 7) is 5.11. The zero-order valence-electron chi connectivity index (χ0n) is 8.48. The van der Waals surface area contributed by atoms with Gasteiger partial charge in [0.2, 0.25) is 0 Å². The highest BCUT2D eigenvalue weighted by Crippen LogP contribution is 2.20. The SMILES string of the molecule is CC[C@H](C)NCc1ccc(Cl)cc1Cl. The third-order valence-electron chi connectivity index (χ3n) is 2.27. The molecule has 0 bridgehead atoms. The molecule has 1 rings (SSSR count). The normalized spacial score (nSPS) is 12.9. The van der Waals surface area contributed by atoms with Crippen LogP contribution in [0.15, 0.2) is 18.2 Å². The third kappa shape index (κ3) is 3.49. The van der Waals surface area contributed by atoms with Gasteiger partial charge < -0.3 is 5.32 Å². The van der Waals surface area contributed by atoms with Gasteiger partial charge in [0.15, 0.2) is 0 Å². The smallest absolute Gasteiger partial charge is 0.0465 e. The molecule has 0 saturated carbocycles. The van der Waals surface area contributed by atoms with Gasteiger partial charge in [-0.15, -0.1) is 0 Å². The molecule has 0 aliphatic carbocycles. The summed E-state index contributed by atoms with van der Waals surface area (Å²) < 4.78 is 0. The molecule has 1 aromatic rings. The molecule has 3 heteroatoms. The second-order valence-electron chi connectivity index (χ2n) is 3.43. The summed E-state index contributed by atoms with van der Waals surface area (Å²) in [6.07, 6.45) is 1.12. The van der Waals surface area contributed by atoms with Crippen molar-refractivity contribution in [1.82, 2.24) is 5.32 Å². The van der Waals surface area contributed by atoms with E-state index in [0.717, 1.165) is 23.6 Å². The maximum Gasteiger partial charge on any atom is 0.0465 e. The van der Waals surface area contributed by atoms with Gasteiger partial charge in [0.25, 0.3) is 0 Å². The van der Waals surface area contributed by atoms with Crippen LogP contribution in [0.5, 0.6) is 0 Å². The predicted molar refractivity (Wildman–Crippen MR) is 63.1 cm³/mol. The molecule has 0 fully saturated rings. The van der Waals surface area contributed by atoms with Crippen molar-refractivity contribution in [2.24, 2.45) is 0 Å². The molecular formula is C11H15Cl2N. The molecule has 0 unspecified atom stereocenters. The van der Waals surface area contributed by atoms with Crippen LogP contribution in [0.3, 0.4) is 0 Å². The highest BCUT2D eigenvalue weighted by molar-refractivity contribution is 6.35. The molecule has 1 nitrogen and oxygen atoms in total. The fourth-order valence-corrected chi connectivity index (χ4v) is 1.57. The van der Waals surface area contributed by atoms with Crippen molar-refractivity contribution in [2.45, 2.75) is 32.9 Å². The standard InChI is InChI=1S/C11H15Cl2N/c1-3-8(2)14-7-9-4-5-10(12)6-11(9)13/h4-6,8,14H,3,7H2,1-2H3/t8-/m0/s1. The molecule has 14 heavy (non-hydrogen) atoms. The first-order valence-corrected chi connectivity index (χ1v) is 5.56. The lowest BCUT2D eigenvalue weighted by Gasteiger charge is -2.12. The summed E-state index contributed by atoms with van der Waals surface area (Å²) in [4.78, 5) is 0. The molecule has 0 aromatic heterocycles. The maximum absolute atomic E-state index is 6.03. The van der Waals surface area contributed by atoms with Gasteiger partial charge in [-0.25, -0.2) is 0 Å². The molecule has 0 spiro atoms. The number of nitrogens with one attached hydrogen (secondary N) is 1. The fourth-order valence-electron chi connectivity index (χ4n) is 1.09. The van der Waals surface area contributed by atoms with Crippen molar-refractivity contribution in [2.75, 3.05) is 0 Å². The van der Waals surface area contributed by atoms with E-state index >= 15 is 0 Å². The van der Waals surface area contributed by atoms with Gasteiger partial charge >= 0.3 is 0 Å². The first-order chi connectivity index (χ1) is 6.63. The van der Waals surface area contributed by atoms with Gasteiger partial charge in [-0.2, -0.15) is 0 Å². The first-order valence-electron chi connectivity index (χ1n) is 4.80. The fraction of sp³-hybridized carbons (Fsp3) is 0.455. The summed E-state index contributed by atoms with van der Waals surface area (Å²) in [7, 11) is 0. The monoisotopic (exact) mass is 231 g/mol. The van der Waals surface area contributed by atoms with Crippen LogP contribution in [0, 0.1) is 0 Å². The summed E-state index contributed by atoms with van der Waals surface area (Å²) in [6, 6.07) is 6.11. The lowest BCUT2D eigenvalue weighted by atomic mass is 10.2. The van der Waals surface area contributed by atoms with Crippen molar-refractivity contribution >= 4 is 23.2 Å². The van der Waals surface area contributed by atoms with Gasteiger partial charge in [0.05, 0.1) is 0 Å². The zero-order chi connectivity index (χ0) is 10.6. The number of hydrogen-bond acceptors (Lipinski definition) is 1. The van der Waals surface area contributed by atoms with Crippen LogP contribution < -0.4 is 5.32 Å². The Balaban J connectivity index is 2.59. The molecule has 78 valence electrons. The Morgan fingerprint density at radius 3 is 2.64 bits per heavy atom. The Hall–Kier alpha value is -0.240. The molecule has 0 radical (unpaired) electrons. The molecule has 0 aliphatic heterocycles. The van der Waals surface area contributed by atoms with E-state index in [2.05, 4.69) is 19.2 Å². The van der Waals surface area contributed by atoms with Crippen LogP contribution in [-0.2, 0) is 6.54 Å². The van der Waals surface area contributed by atoms with E-state index < -0.39 is 0 Å². The van der Waals surface area contributed by atoms with Crippen LogP contribution in [0.2, 0.25) is 10.0 Å². The van der Waals surface area contributed by atoms with Gasteiger partial charge in [-0.3, -0.25) is 0 Å². The minimum atomic E-state index is 0.516. The zero-order valence-corrected chi connectivity index (χ0v) is 9.99. The minimum absolute atomic E-state index is 0.516. The molecule has 1 atom stereocenters. The number of hydrogen-bond donors (Lipinski definition) is 1. The van der Waals surface area contributed by atoms with Gasteiger partial charge in [-0.1, -0.05) is 36.2 Å². The van der Waals surface area contributed by atoms with Crippen molar-refractivity contribution in [3.8, 4) is 0 Å². The van der Waals surface area contributed by atoms with E-state index in [1.54, 1.807) is 6.07 Å². The molecule has 0 aliphatic rings. The second-order valence-corrected chi connectivity index (χ2v) is 4.27. The average molecular weight is 232 g/mol. The quantitative estimate of drug-likeness (QED) is 0.830. The van der Waals surface area contributed by atoms with Crippen molar-refractivity contribution < 1.29 is 0 Å². The maximum atomic E-state index is 6.03. The van der Waals surface area contributed by atoms with Crippen LogP contribution in [0.1, 0.15) is 25.8 Å². The molecule has 0 heterocycles. The Morgan fingerprint density at radius 1 is 1.36 bits per heavy atom. The Labute approximate surface area is 95.4 Å². The highest BCUT2D eigenvalue weighted by Gasteiger charge is 2.02. The summed E-state index contributed by atoms with van der Waals surface area (Å²) in [5.74, 6) is 0. The van der Waals surface area contributed by atoms with E-state index in [1.165, 1.54) is 0 Å². The predicted octanol–water partition coefficient (Wildman–Crippen LogP) is 3.88. The van der Waals surface area contributed by atoms with E-state index in [9.17, 15) is 0 Å². The molecular weight excluding hydrogens is 217 g/mol. The van der Waals surface area contributed by atoms with Crippen LogP contribution in [-0.4, -0.2) is 6.04 Å². The topological polar surface area (TPSA) is 12.0 Å². The lowest BCUT2D eigenvalue weighted by molar-refractivity contribution is 0.534. The van der Waals surface area contributed by atoms with Crippen molar-refractivity contribution in [1.29, 1.82) is 0 Å². The van der Waals surface area contributed by atoms with Crippen LogP contribution in [0.25, 0.3) is 0 Å². The van der Waals surface area contributed by atoms with E-state index in [4.69, 9.17) is 23.2 Å². The van der Waals surface area contributed by atoms with Crippen LogP contribution >= 0.6 is 23.2 Å². The van der Waals surface area contributed by atoms with Gasteiger partial charge in [0.1, 0.15) is 0 Å². The summed E-state index contributed by atoms with van der Waals surface area (Å²) in [5.41, 5.74) is 1.09. The van der Waals surface area contributed by atoms with Gasteiger partial charge in [-0.05, 0) is 31.0 Å². The Morgan fingerprint density at radius 2 is 2.07 bits per heavy atom. The lowest BCUT2D eigenvalue weighted by Crippen LogP contribution is -2.24. The van der Waals surface area contributed by atoms with E-state index in [-0.39, 0.29) is 0 Å². The van der Waals surface area contributed by atoms with Crippen LogP contribution in [0.4, 0.5) is 0 Å². The summed E-state index contributed by atoms with van der Waals surface area (Å²) >= 11 is 11.8. The van der Waals surface area contributed by atoms with E-state index in [1.807, 2.05) is 12.1 Å². The van der Waals surface area contributed by atoms with Gasteiger partial charge in [0, 0.05) is 22.6 Å². The molecule has 0 amide bonds. The first kappa shape index (κ1) is 11.8. The van der Waals surface area contributed by atoms with E-state index in [0.29, 0.717) is 11.1 Å². The third-order valence-corrected chi connectivity index (χ3v) is 2.86. The summed E-state index contributed by atoms with van der Waals surface area (Å²) in [5, 5.41) is 4.79. The number of halogens is 2. The molecule has 1 aromatic carbocycles. The van der Waals surface area contributed by atoms with Crippen molar-refractivity contribution in [3.05, 3.63) is 33.8 Å². The average Bonchev–Trinajstić information content (AvgIpc) is 2.16. The number of rotatable bonds is 4. The van der Waals surface area contributed by atoms with Crippen molar-refractivity contribution in [3.63, 3.8) is 0 Å². The Kier molecular flexibility index (Phi) is 4.73. The Bertz CT molecular complexity index is 299. The highest BCUT2D eigenvalue weighted by atomic mass is 35.5. The number of benzene rings is 1. The molecule has 1 N–H and O–H groups in total. The minimum Gasteiger partial charge on any atom is -0.310 e. The second kappa shape index (κ2) is 5.59. The largest absolute Gasteiger partial charge is 0.310 e.